The third-order valence-corrected chi connectivity index (χ3v) is 3.64. The maximum absolute atomic E-state index is 11.3. The molecule has 0 bridgehead atoms. The largest absolute Gasteiger partial charge is 0.465 e. The van der Waals surface area contributed by atoms with Crippen molar-refractivity contribution in [2.75, 3.05) is 39.1 Å². The van der Waals surface area contributed by atoms with Gasteiger partial charge in [-0.05, 0) is 13.6 Å². The zero-order valence-corrected chi connectivity index (χ0v) is 11.7. The van der Waals surface area contributed by atoms with Crippen LogP contribution >= 0.6 is 22.9 Å². The lowest BCUT2D eigenvalue weighted by molar-refractivity contribution is 0.0606. The third kappa shape index (κ3) is 4.14. The standard InChI is InChI=1S/C10H16ClN3O2S/c1-4-14(2)6-5-12-10-13-8(11)7(17-10)9(15)16-3/h4-6H2,1-3H3,(H,12,13). The van der Waals surface area contributed by atoms with Gasteiger partial charge < -0.3 is 15.0 Å². The highest BCUT2D eigenvalue weighted by atomic mass is 35.5. The number of hydrogen-bond donors (Lipinski definition) is 1. The second-order valence-corrected chi connectivity index (χ2v) is 4.81. The molecule has 0 aliphatic carbocycles. The number of esters is 1. The number of rotatable bonds is 6. The molecule has 0 amide bonds. The molecular weight excluding hydrogens is 262 g/mol. The minimum Gasteiger partial charge on any atom is -0.465 e. The molecule has 1 aromatic rings. The zero-order chi connectivity index (χ0) is 12.8. The van der Waals surface area contributed by atoms with Gasteiger partial charge in [-0.1, -0.05) is 29.9 Å². The van der Waals surface area contributed by atoms with Gasteiger partial charge in [0, 0.05) is 13.1 Å². The van der Waals surface area contributed by atoms with Crippen LogP contribution in [0.1, 0.15) is 16.6 Å². The third-order valence-electron chi connectivity index (χ3n) is 2.27. The molecule has 17 heavy (non-hydrogen) atoms. The van der Waals surface area contributed by atoms with Crippen LogP contribution in [0.4, 0.5) is 5.13 Å². The molecule has 0 spiro atoms. The van der Waals surface area contributed by atoms with Crippen molar-refractivity contribution in [3.63, 3.8) is 0 Å². The highest BCUT2D eigenvalue weighted by molar-refractivity contribution is 7.18. The number of carbonyl (C=O) groups excluding carboxylic acids is 1. The molecule has 0 aliphatic rings. The summed E-state index contributed by atoms with van der Waals surface area (Å²) < 4.78 is 4.60. The second kappa shape index (κ2) is 6.78. The molecule has 1 rings (SSSR count). The maximum atomic E-state index is 11.3. The van der Waals surface area contributed by atoms with E-state index >= 15 is 0 Å². The van der Waals surface area contributed by atoms with Crippen LogP contribution in [0.2, 0.25) is 5.15 Å². The van der Waals surface area contributed by atoms with E-state index < -0.39 is 5.97 Å². The van der Waals surface area contributed by atoms with E-state index in [2.05, 4.69) is 26.9 Å². The first kappa shape index (κ1) is 14.2. The van der Waals surface area contributed by atoms with Gasteiger partial charge >= 0.3 is 5.97 Å². The van der Waals surface area contributed by atoms with Crippen LogP contribution < -0.4 is 5.32 Å². The summed E-state index contributed by atoms with van der Waals surface area (Å²) in [5, 5.41) is 3.95. The van der Waals surface area contributed by atoms with Crippen LogP contribution in [0.3, 0.4) is 0 Å². The summed E-state index contributed by atoms with van der Waals surface area (Å²) >= 11 is 7.04. The fourth-order valence-electron chi connectivity index (χ4n) is 1.11. The molecule has 0 aromatic carbocycles. The summed E-state index contributed by atoms with van der Waals surface area (Å²) in [6.45, 7) is 4.75. The molecule has 0 saturated carbocycles. The summed E-state index contributed by atoms with van der Waals surface area (Å²) in [4.78, 5) is 17.9. The van der Waals surface area contributed by atoms with Gasteiger partial charge in [0.25, 0.3) is 0 Å². The van der Waals surface area contributed by atoms with Crippen LogP contribution in [-0.2, 0) is 4.74 Å². The Balaban J connectivity index is 2.53. The first-order chi connectivity index (χ1) is 8.08. The average molecular weight is 278 g/mol. The van der Waals surface area contributed by atoms with Crippen molar-refractivity contribution in [3.05, 3.63) is 10.0 Å². The number of aromatic nitrogens is 1. The molecule has 1 heterocycles. The summed E-state index contributed by atoms with van der Waals surface area (Å²) in [5.41, 5.74) is 0. The van der Waals surface area contributed by atoms with Crippen LogP contribution in [0, 0.1) is 0 Å². The number of carbonyl (C=O) groups is 1. The van der Waals surface area contributed by atoms with Crippen molar-refractivity contribution < 1.29 is 9.53 Å². The van der Waals surface area contributed by atoms with Gasteiger partial charge in [0.1, 0.15) is 0 Å². The van der Waals surface area contributed by atoms with E-state index in [4.69, 9.17) is 11.6 Å². The Bertz CT molecular complexity index is 384. The van der Waals surface area contributed by atoms with E-state index in [-0.39, 0.29) is 5.15 Å². The van der Waals surface area contributed by atoms with Gasteiger partial charge in [-0.3, -0.25) is 0 Å². The lowest BCUT2D eigenvalue weighted by atomic mass is 10.5. The highest BCUT2D eigenvalue weighted by Crippen LogP contribution is 2.27. The lowest BCUT2D eigenvalue weighted by Crippen LogP contribution is -2.24. The number of thiazole rings is 1. The quantitative estimate of drug-likeness (QED) is 0.806. The summed E-state index contributed by atoms with van der Waals surface area (Å²) in [5.74, 6) is -0.453. The van der Waals surface area contributed by atoms with Gasteiger partial charge in [-0.15, -0.1) is 0 Å². The predicted octanol–water partition coefficient (Wildman–Crippen LogP) is 1.95. The molecule has 0 saturated heterocycles. The van der Waals surface area contributed by atoms with E-state index in [0.29, 0.717) is 10.0 Å². The van der Waals surface area contributed by atoms with Crippen LogP contribution in [-0.4, -0.2) is 49.6 Å². The number of nitrogens with one attached hydrogen (secondary N) is 1. The molecule has 96 valence electrons. The van der Waals surface area contributed by atoms with E-state index in [1.54, 1.807) is 0 Å². The average Bonchev–Trinajstić information content (AvgIpc) is 2.69. The SMILES string of the molecule is CCN(C)CCNc1nc(Cl)c(C(=O)OC)s1. The molecular formula is C10H16ClN3O2S. The number of anilines is 1. The lowest BCUT2D eigenvalue weighted by Gasteiger charge is -2.13. The van der Waals surface area contributed by atoms with Gasteiger partial charge in [0.05, 0.1) is 7.11 Å². The van der Waals surface area contributed by atoms with Gasteiger partial charge in [-0.2, -0.15) is 0 Å². The Morgan fingerprint density at radius 2 is 2.35 bits per heavy atom. The van der Waals surface area contributed by atoms with Crippen LogP contribution in [0.25, 0.3) is 0 Å². The minimum absolute atomic E-state index is 0.188. The molecule has 5 nitrogen and oxygen atoms in total. The normalized spacial score (nSPS) is 10.6. The Morgan fingerprint density at radius 1 is 1.65 bits per heavy atom. The van der Waals surface area contributed by atoms with Gasteiger partial charge in [-0.25, -0.2) is 9.78 Å². The molecule has 0 atom stereocenters. The van der Waals surface area contributed by atoms with Gasteiger partial charge in [0.15, 0.2) is 15.2 Å². The van der Waals surface area contributed by atoms with Crippen LogP contribution in [0.15, 0.2) is 0 Å². The fourth-order valence-corrected chi connectivity index (χ4v) is 2.24. The number of halogens is 1. The molecule has 1 aromatic heterocycles. The smallest absolute Gasteiger partial charge is 0.351 e. The van der Waals surface area contributed by atoms with Crippen molar-refractivity contribution in [2.45, 2.75) is 6.92 Å². The minimum atomic E-state index is -0.453. The number of nitrogens with zero attached hydrogens (tertiary/aromatic N) is 2. The second-order valence-electron chi connectivity index (χ2n) is 3.45. The molecule has 0 radical (unpaired) electrons. The zero-order valence-electron chi connectivity index (χ0n) is 10.1. The predicted molar refractivity (Wildman–Crippen MR) is 70.1 cm³/mol. The topological polar surface area (TPSA) is 54.5 Å². The van der Waals surface area contributed by atoms with Gasteiger partial charge in [0.2, 0.25) is 0 Å². The Labute approximate surface area is 110 Å². The monoisotopic (exact) mass is 277 g/mol. The highest BCUT2D eigenvalue weighted by Gasteiger charge is 2.16. The van der Waals surface area contributed by atoms with E-state index in [0.717, 1.165) is 19.6 Å². The first-order valence-electron chi connectivity index (χ1n) is 5.25. The number of likely N-dealkylation sites (N-methyl/N-ethyl adjacent to an activating group) is 1. The van der Waals surface area contributed by atoms with Crippen molar-refractivity contribution >= 4 is 34.0 Å². The van der Waals surface area contributed by atoms with E-state index in [1.165, 1.54) is 18.4 Å². The Kier molecular flexibility index (Phi) is 5.67. The molecule has 0 fully saturated rings. The summed E-state index contributed by atoms with van der Waals surface area (Å²) in [6.07, 6.45) is 0. The van der Waals surface area contributed by atoms with Crippen molar-refractivity contribution in [1.82, 2.24) is 9.88 Å². The van der Waals surface area contributed by atoms with E-state index in [9.17, 15) is 4.79 Å². The van der Waals surface area contributed by atoms with Crippen molar-refractivity contribution in [2.24, 2.45) is 0 Å². The number of ether oxygens (including phenoxy) is 1. The summed E-state index contributed by atoms with van der Waals surface area (Å²) in [7, 11) is 3.36. The number of methoxy groups -OCH3 is 1. The number of hydrogen-bond acceptors (Lipinski definition) is 6. The molecule has 1 N–H and O–H groups in total. The van der Waals surface area contributed by atoms with E-state index in [1.807, 2.05) is 7.05 Å². The fraction of sp³-hybridized carbons (Fsp3) is 0.600. The van der Waals surface area contributed by atoms with Crippen molar-refractivity contribution in [3.8, 4) is 0 Å². The maximum Gasteiger partial charge on any atom is 0.351 e. The van der Waals surface area contributed by atoms with Crippen LogP contribution in [0.5, 0.6) is 0 Å². The summed E-state index contributed by atoms with van der Waals surface area (Å²) in [6, 6.07) is 0. The Hall–Kier alpha value is -0.850. The Morgan fingerprint density at radius 3 is 2.94 bits per heavy atom. The molecule has 7 heteroatoms. The molecule has 0 aliphatic heterocycles. The van der Waals surface area contributed by atoms with Crippen molar-refractivity contribution in [1.29, 1.82) is 0 Å². The first-order valence-corrected chi connectivity index (χ1v) is 6.45. The molecule has 0 unspecified atom stereocenters.